The van der Waals surface area contributed by atoms with Crippen LogP contribution in [-0.4, -0.2) is 40.5 Å². The van der Waals surface area contributed by atoms with E-state index in [1.54, 1.807) is 0 Å². The fourth-order valence-corrected chi connectivity index (χ4v) is 2.48. The molecule has 7 heteroatoms. The van der Waals surface area contributed by atoms with Crippen LogP contribution in [0.25, 0.3) is 0 Å². The highest BCUT2D eigenvalue weighted by molar-refractivity contribution is 7.86. The predicted octanol–water partition coefficient (Wildman–Crippen LogP) is 2.06. The smallest absolute Gasteiger partial charge is 0.330 e. The summed E-state index contributed by atoms with van der Waals surface area (Å²) >= 11 is 0. The average molecular weight is 342 g/mol. The lowest BCUT2D eigenvalue weighted by Gasteiger charge is -2.14. The highest BCUT2D eigenvalue weighted by Gasteiger charge is 2.14. The van der Waals surface area contributed by atoms with Gasteiger partial charge < -0.3 is 9.47 Å². The van der Waals surface area contributed by atoms with E-state index >= 15 is 0 Å². The first-order chi connectivity index (χ1) is 10.9. The molecule has 0 saturated carbocycles. The van der Waals surface area contributed by atoms with Crippen LogP contribution < -0.4 is 0 Å². The van der Waals surface area contributed by atoms with E-state index in [4.69, 9.17) is 8.92 Å². The Morgan fingerprint density at radius 3 is 2.57 bits per heavy atom. The van der Waals surface area contributed by atoms with Crippen LogP contribution in [0.5, 0.6) is 0 Å². The lowest BCUT2D eigenvalue weighted by atomic mass is 10.2. The summed E-state index contributed by atoms with van der Waals surface area (Å²) in [6.45, 7) is 0.797. The lowest BCUT2D eigenvalue weighted by molar-refractivity contribution is -0.134. The number of methoxy groups -OCH3 is 1. The van der Waals surface area contributed by atoms with Crippen LogP contribution in [0.3, 0.4) is 0 Å². The average Bonchev–Trinajstić information content (AvgIpc) is 2.50. The van der Waals surface area contributed by atoms with Gasteiger partial charge in [-0.15, -0.1) is 0 Å². The molecule has 0 aliphatic carbocycles. The zero-order valence-electron chi connectivity index (χ0n) is 13.3. The second-order valence-corrected chi connectivity index (χ2v) is 6.51. The van der Waals surface area contributed by atoms with Crippen molar-refractivity contribution in [1.82, 2.24) is 0 Å². The Balaban J connectivity index is 2.42. The van der Waals surface area contributed by atoms with Crippen molar-refractivity contribution in [3.8, 4) is 0 Å². The minimum atomic E-state index is -3.57. The van der Waals surface area contributed by atoms with Gasteiger partial charge in [0.2, 0.25) is 0 Å². The van der Waals surface area contributed by atoms with Crippen LogP contribution in [0.2, 0.25) is 0 Å². The molecule has 1 atom stereocenters. The molecule has 0 bridgehead atoms. The Hall–Kier alpha value is -1.70. The van der Waals surface area contributed by atoms with E-state index in [0.717, 1.165) is 11.8 Å². The quantitative estimate of drug-likeness (QED) is 0.280. The molecule has 0 radical (unpaired) electrons. The summed E-state index contributed by atoms with van der Waals surface area (Å²) in [5.74, 6) is -0.497. The molecule has 0 spiro atoms. The van der Waals surface area contributed by atoms with Crippen molar-refractivity contribution in [1.29, 1.82) is 0 Å². The van der Waals surface area contributed by atoms with E-state index < -0.39 is 22.2 Å². The van der Waals surface area contributed by atoms with Crippen molar-refractivity contribution in [3.05, 3.63) is 48.0 Å². The fourth-order valence-electron chi connectivity index (χ4n) is 1.82. The summed E-state index contributed by atoms with van der Waals surface area (Å²) in [7, 11) is -2.30. The van der Waals surface area contributed by atoms with Gasteiger partial charge in [-0.05, 0) is 18.4 Å². The lowest BCUT2D eigenvalue weighted by Crippen LogP contribution is -2.19. The molecule has 23 heavy (non-hydrogen) atoms. The molecule has 1 rings (SSSR count). The molecule has 0 unspecified atom stereocenters. The van der Waals surface area contributed by atoms with Gasteiger partial charge in [0.05, 0.1) is 26.1 Å². The number of benzene rings is 1. The number of hydrogen-bond donors (Lipinski definition) is 0. The first-order valence-electron chi connectivity index (χ1n) is 7.15. The SMILES string of the molecule is COC(=O)/C=C/C[C@H](CCOCc1ccccc1)OS(C)(=O)=O. The monoisotopic (exact) mass is 342 g/mol. The van der Waals surface area contributed by atoms with Crippen molar-refractivity contribution in [3.63, 3.8) is 0 Å². The predicted molar refractivity (Wildman–Crippen MR) is 86.2 cm³/mol. The second kappa shape index (κ2) is 10.1. The number of ether oxygens (including phenoxy) is 2. The van der Waals surface area contributed by atoms with Gasteiger partial charge in [-0.1, -0.05) is 36.4 Å². The maximum atomic E-state index is 11.3. The van der Waals surface area contributed by atoms with Crippen molar-refractivity contribution in [2.45, 2.75) is 25.6 Å². The standard InChI is InChI=1S/C16H22O6S/c1-20-16(17)10-6-9-15(22-23(2,18)19)11-12-21-13-14-7-4-3-5-8-14/h3-8,10,15H,9,11-13H2,1-2H3/b10-6+/t15-/m1/s1. The maximum absolute atomic E-state index is 11.3. The molecule has 0 amide bonds. The Morgan fingerprint density at radius 2 is 1.96 bits per heavy atom. The van der Waals surface area contributed by atoms with E-state index in [9.17, 15) is 13.2 Å². The number of carbonyl (C=O) groups is 1. The zero-order chi connectivity index (χ0) is 17.1. The molecule has 0 aliphatic rings. The minimum absolute atomic E-state index is 0.275. The first kappa shape index (κ1) is 19.3. The molecular weight excluding hydrogens is 320 g/mol. The van der Waals surface area contributed by atoms with Crippen molar-refractivity contribution < 1.29 is 26.9 Å². The van der Waals surface area contributed by atoms with Gasteiger partial charge in [-0.25, -0.2) is 4.79 Å². The molecule has 6 nitrogen and oxygen atoms in total. The summed E-state index contributed by atoms with van der Waals surface area (Å²) in [4.78, 5) is 11.0. The molecule has 0 aromatic heterocycles. The molecule has 0 N–H and O–H groups in total. The van der Waals surface area contributed by atoms with Crippen LogP contribution in [0.1, 0.15) is 18.4 Å². The normalized spacial score (nSPS) is 13.1. The Morgan fingerprint density at radius 1 is 1.26 bits per heavy atom. The number of rotatable bonds is 10. The molecule has 1 aromatic rings. The topological polar surface area (TPSA) is 78.9 Å². The molecule has 1 aromatic carbocycles. The van der Waals surface area contributed by atoms with Gasteiger partial charge >= 0.3 is 5.97 Å². The highest BCUT2D eigenvalue weighted by atomic mass is 32.2. The van der Waals surface area contributed by atoms with E-state index in [1.165, 1.54) is 19.3 Å². The molecular formula is C16H22O6S. The summed E-state index contributed by atoms with van der Waals surface area (Å²) in [6, 6.07) is 9.66. The summed E-state index contributed by atoms with van der Waals surface area (Å²) in [5, 5.41) is 0. The molecule has 0 fully saturated rings. The van der Waals surface area contributed by atoms with E-state index in [0.29, 0.717) is 19.6 Å². The van der Waals surface area contributed by atoms with E-state index in [2.05, 4.69) is 4.74 Å². The number of carbonyl (C=O) groups excluding carboxylic acids is 1. The van der Waals surface area contributed by atoms with E-state index in [-0.39, 0.29) is 6.42 Å². The van der Waals surface area contributed by atoms with Crippen molar-refractivity contribution in [2.75, 3.05) is 20.0 Å². The first-order valence-corrected chi connectivity index (χ1v) is 8.97. The third-order valence-corrected chi connectivity index (χ3v) is 3.48. The van der Waals surface area contributed by atoms with Gasteiger partial charge in [-0.3, -0.25) is 4.18 Å². The van der Waals surface area contributed by atoms with Crippen LogP contribution >= 0.6 is 0 Å². The largest absolute Gasteiger partial charge is 0.466 e. The fraction of sp³-hybridized carbons (Fsp3) is 0.438. The third-order valence-electron chi connectivity index (χ3n) is 2.86. The summed E-state index contributed by atoms with van der Waals surface area (Å²) in [5.41, 5.74) is 1.04. The highest BCUT2D eigenvalue weighted by Crippen LogP contribution is 2.10. The van der Waals surface area contributed by atoms with Crippen LogP contribution in [0.15, 0.2) is 42.5 Å². The van der Waals surface area contributed by atoms with Gasteiger partial charge in [-0.2, -0.15) is 8.42 Å². The minimum Gasteiger partial charge on any atom is -0.466 e. The number of esters is 1. The second-order valence-electron chi connectivity index (χ2n) is 4.91. The molecule has 0 saturated heterocycles. The number of hydrogen-bond acceptors (Lipinski definition) is 6. The van der Waals surface area contributed by atoms with Gasteiger partial charge in [0.1, 0.15) is 0 Å². The van der Waals surface area contributed by atoms with Gasteiger partial charge in [0.25, 0.3) is 10.1 Å². The van der Waals surface area contributed by atoms with Gasteiger partial charge in [0.15, 0.2) is 0 Å². The Bertz CT molecular complexity index is 594. The van der Waals surface area contributed by atoms with Crippen LogP contribution in [0, 0.1) is 0 Å². The summed E-state index contributed by atoms with van der Waals surface area (Å²) < 4.78 is 37.5. The molecule has 0 heterocycles. The third kappa shape index (κ3) is 9.83. The van der Waals surface area contributed by atoms with Crippen molar-refractivity contribution in [2.24, 2.45) is 0 Å². The van der Waals surface area contributed by atoms with Gasteiger partial charge in [0, 0.05) is 12.7 Å². The molecule has 0 aliphatic heterocycles. The maximum Gasteiger partial charge on any atom is 0.330 e. The Labute approximate surface area is 137 Å². The summed E-state index contributed by atoms with van der Waals surface area (Å²) in [6.07, 6.45) is 3.85. The van der Waals surface area contributed by atoms with Crippen molar-refractivity contribution >= 4 is 16.1 Å². The Kier molecular flexibility index (Phi) is 8.53. The zero-order valence-corrected chi connectivity index (χ0v) is 14.1. The van der Waals surface area contributed by atoms with Crippen LogP contribution in [0.4, 0.5) is 0 Å². The molecule has 128 valence electrons. The van der Waals surface area contributed by atoms with E-state index in [1.807, 2.05) is 30.3 Å². The van der Waals surface area contributed by atoms with Crippen LogP contribution in [-0.2, 0) is 35.2 Å².